The van der Waals surface area contributed by atoms with Gasteiger partial charge in [-0.05, 0) is 30.2 Å². The lowest BCUT2D eigenvalue weighted by Crippen LogP contribution is -2.54. The van der Waals surface area contributed by atoms with Crippen LogP contribution < -0.4 is 15.6 Å². The van der Waals surface area contributed by atoms with E-state index in [0.717, 1.165) is 11.3 Å². The molecule has 1 aromatic carbocycles. The number of hydrazine groups is 1. The van der Waals surface area contributed by atoms with Gasteiger partial charge >= 0.3 is 0 Å². The van der Waals surface area contributed by atoms with Crippen LogP contribution in [-0.2, 0) is 4.79 Å². The molecule has 5 rings (SSSR count). The van der Waals surface area contributed by atoms with Crippen LogP contribution in [0, 0.1) is 0 Å². The van der Waals surface area contributed by atoms with E-state index in [1.54, 1.807) is 30.5 Å². The molecule has 3 aromatic rings. The van der Waals surface area contributed by atoms with Crippen LogP contribution in [0.15, 0.2) is 47.2 Å². The van der Waals surface area contributed by atoms with Crippen molar-refractivity contribution in [1.82, 2.24) is 35.9 Å². The molecular formula is C20H21N7O3. The third-order valence-corrected chi connectivity index (χ3v) is 5.45. The lowest BCUT2D eigenvalue weighted by molar-refractivity contribution is -0.138. The predicted molar refractivity (Wildman–Crippen MR) is 105 cm³/mol. The first-order valence-electron chi connectivity index (χ1n) is 9.76. The molecule has 154 valence electrons. The molecule has 10 heteroatoms. The summed E-state index contributed by atoms with van der Waals surface area (Å²) in [5, 5.41) is 3.95. The van der Waals surface area contributed by atoms with Crippen molar-refractivity contribution in [2.24, 2.45) is 0 Å². The van der Waals surface area contributed by atoms with Crippen LogP contribution >= 0.6 is 0 Å². The molecule has 10 nitrogen and oxygen atoms in total. The molecule has 2 fully saturated rings. The summed E-state index contributed by atoms with van der Waals surface area (Å²) in [5.41, 5.74) is 7.42. The van der Waals surface area contributed by atoms with E-state index in [2.05, 4.69) is 31.0 Å². The van der Waals surface area contributed by atoms with Crippen LogP contribution in [0.1, 0.15) is 29.8 Å². The molecule has 2 aliphatic heterocycles. The highest BCUT2D eigenvalue weighted by molar-refractivity contribution is 5.83. The minimum Gasteiger partial charge on any atom is -0.497 e. The Hall–Kier alpha value is -3.37. The molecule has 1 amide bonds. The van der Waals surface area contributed by atoms with Crippen molar-refractivity contribution in [3.05, 3.63) is 54.2 Å². The van der Waals surface area contributed by atoms with E-state index in [1.165, 1.54) is 0 Å². The number of hydrogen-bond acceptors (Lipinski definition) is 9. The highest BCUT2D eigenvalue weighted by atomic mass is 16.5. The fraction of sp³-hybridized carbons (Fsp3) is 0.350. The van der Waals surface area contributed by atoms with E-state index in [4.69, 9.17) is 9.26 Å². The van der Waals surface area contributed by atoms with E-state index in [-0.39, 0.29) is 23.9 Å². The van der Waals surface area contributed by atoms with Gasteiger partial charge in [0.1, 0.15) is 11.8 Å². The summed E-state index contributed by atoms with van der Waals surface area (Å²) in [6.07, 6.45) is 3.93. The maximum absolute atomic E-state index is 12.8. The molecule has 0 radical (unpaired) electrons. The molecule has 0 saturated carbocycles. The highest BCUT2D eigenvalue weighted by Gasteiger charge is 2.40. The molecule has 0 spiro atoms. The van der Waals surface area contributed by atoms with Gasteiger partial charge in [0.25, 0.3) is 0 Å². The van der Waals surface area contributed by atoms with Crippen molar-refractivity contribution >= 4 is 5.91 Å². The van der Waals surface area contributed by atoms with Crippen molar-refractivity contribution < 1.29 is 14.1 Å². The van der Waals surface area contributed by atoms with Gasteiger partial charge in [-0.2, -0.15) is 4.98 Å². The summed E-state index contributed by atoms with van der Waals surface area (Å²) in [7, 11) is 1.64. The maximum Gasteiger partial charge on any atom is 0.241 e. The van der Waals surface area contributed by atoms with Crippen LogP contribution in [0.4, 0.5) is 0 Å². The lowest BCUT2D eigenvalue weighted by atomic mass is 9.96. The Bertz CT molecular complexity index is 1040. The van der Waals surface area contributed by atoms with Gasteiger partial charge in [-0.3, -0.25) is 4.79 Å². The first kappa shape index (κ1) is 18.6. The number of amides is 1. The Morgan fingerprint density at radius 2 is 2.00 bits per heavy atom. The van der Waals surface area contributed by atoms with Crippen LogP contribution in [0.3, 0.4) is 0 Å². The number of rotatable bonds is 5. The molecule has 30 heavy (non-hydrogen) atoms. The van der Waals surface area contributed by atoms with Crippen molar-refractivity contribution in [2.45, 2.75) is 24.4 Å². The zero-order valence-electron chi connectivity index (χ0n) is 16.4. The van der Waals surface area contributed by atoms with Gasteiger partial charge < -0.3 is 14.2 Å². The van der Waals surface area contributed by atoms with Gasteiger partial charge in [-0.25, -0.2) is 20.8 Å². The SMILES string of the molecule is COc1cccc(C2CC(C(=O)N3CC(c4nc(-c5ncccn5)no4)C3)NN2)c1. The molecule has 2 saturated heterocycles. The van der Waals surface area contributed by atoms with E-state index in [1.807, 2.05) is 24.3 Å². The Kier molecular flexibility index (Phi) is 4.85. The number of methoxy groups -OCH3 is 1. The Morgan fingerprint density at radius 1 is 1.17 bits per heavy atom. The van der Waals surface area contributed by atoms with E-state index in [9.17, 15) is 4.79 Å². The largest absolute Gasteiger partial charge is 0.497 e. The first-order valence-corrected chi connectivity index (χ1v) is 9.76. The zero-order valence-corrected chi connectivity index (χ0v) is 16.4. The number of ether oxygens (including phenoxy) is 1. The van der Waals surface area contributed by atoms with Crippen LogP contribution in [0.2, 0.25) is 0 Å². The van der Waals surface area contributed by atoms with Gasteiger partial charge in [0.15, 0.2) is 0 Å². The van der Waals surface area contributed by atoms with Gasteiger partial charge in [0.2, 0.25) is 23.4 Å². The number of nitrogens with one attached hydrogen (secondary N) is 2. The predicted octanol–water partition coefficient (Wildman–Crippen LogP) is 1.07. The van der Waals surface area contributed by atoms with E-state index < -0.39 is 0 Å². The average molecular weight is 407 g/mol. The van der Waals surface area contributed by atoms with Gasteiger partial charge in [-0.1, -0.05) is 17.3 Å². The molecule has 2 aliphatic rings. The summed E-state index contributed by atoms with van der Waals surface area (Å²) in [4.78, 5) is 27.3. The van der Waals surface area contributed by atoms with Gasteiger partial charge in [0, 0.05) is 31.5 Å². The normalized spacial score (nSPS) is 21.4. The van der Waals surface area contributed by atoms with Crippen molar-refractivity contribution in [3.63, 3.8) is 0 Å². The Morgan fingerprint density at radius 3 is 2.80 bits per heavy atom. The van der Waals surface area contributed by atoms with Gasteiger partial charge in [0.05, 0.1) is 13.0 Å². The summed E-state index contributed by atoms with van der Waals surface area (Å²) < 4.78 is 10.6. The number of aromatic nitrogens is 4. The van der Waals surface area contributed by atoms with E-state index in [0.29, 0.717) is 37.0 Å². The summed E-state index contributed by atoms with van der Waals surface area (Å²) in [6.45, 7) is 1.11. The first-order chi connectivity index (χ1) is 14.7. The Labute approximate surface area is 172 Å². The number of nitrogens with zero attached hydrogens (tertiary/aromatic N) is 5. The second-order valence-corrected chi connectivity index (χ2v) is 7.37. The van der Waals surface area contributed by atoms with Crippen molar-refractivity contribution in [2.75, 3.05) is 20.2 Å². The second-order valence-electron chi connectivity index (χ2n) is 7.37. The third kappa shape index (κ3) is 3.51. The standard InChI is InChI=1S/C20H21N7O3/c1-29-14-5-2-4-12(8-14)15-9-16(25-24-15)20(28)27-10-13(11-27)19-23-18(26-30-19)17-21-6-3-7-22-17/h2-8,13,15-16,24-25H,9-11H2,1H3. The smallest absolute Gasteiger partial charge is 0.241 e. The monoisotopic (exact) mass is 407 g/mol. The Balaban J connectivity index is 1.17. The molecule has 2 atom stereocenters. The molecule has 0 bridgehead atoms. The van der Waals surface area contributed by atoms with Crippen molar-refractivity contribution in [3.8, 4) is 17.4 Å². The van der Waals surface area contributed by atoms with Crippen LogP contribution in [0.25, 0.3) is 11.6 Å². The number of benzene rings is 1. The molecule has 4 heterocycles. The third-order valence-electron chi connectivity index (χ3n) is 5.45. The summed E-state index contributed by atoms with van der Waals surface area (Å²) in [6, 6.07) is 9.36. The molecule has 2 N–H and O–H groups in total. The molecular weight excluding hydrogens is 386 g/mol. The number of carbonyl (C=O) groups is 1. The quantitative estimate of drug-likeness (QED) is 0.640. The fourth-order valence-electron chi connectivity index (χ4n) is 3.74. The number of hydrogen-bond donors (Lipinski definition) is 2. The molecule has 2 unspecified atom stereocenters. The second kappa shape index (κ2) is 7.81. The zero-order chi connectivity index (χ0) is 20.5. The number of likely N-dealkylation sites (tertiary alicyclic amines) is 1. The van der Waals surface area contributed by atoms with Crippen molar-refractivity contribution in [1.29, 1.82) is 0 Å². The van der Waals surface area contributed by atoms with E-state index >= 15 is 0 Å². The minimum absolute atomic E-state index is 0.0301. The lowest BCUT2D eigenvalue weighted by Gasteiger charge is -2.38. The fourth-order valence-corrected chi connectivity index (χ4v) is 3.74. The summed E-state index contributed by atoms with van der Waals surface area (Å²) in [5.74, 6) is 2.18. The minimum atomic E-state index is -0.280. The van der Waals surface area contributed by atoms with Crippen LogP contribution in [-0.4, -0.2) is 57.2 Å². The summed E-state index contributed by atoms with van der Waals surface area (Å²) >= 11 is 0. The highest BCUT2D eigenvalue weighted by Crippen LogP contribution is 2.30. The molecule has 0 aliphatic carbocycles. The van der Waals surface area contributed by atoms with Crippen LogP contribution in [0.5, 0.6) is 5.75 Å². The maximum atomic E-state index is 12.8. The number of carbonyl (C=O) groups excluding carboxylic acids is 1. The van der Waals surface area contributed by atoms with Gasteiger partial charge in [-0.15, -0.1) is 0 Å². The topological polar surface area (TPSA) is 118 Å². The molecule has 2 aromatic heterocycles. The average Bonchev–Trinajstić information content (AvgIpc) is 3.44.